The second-order valence-corrected chi connectivity index (χ2v) is 4.50. The van der Waals surface area contributed by atoms with Gasteiger partial charge in [-0.2, -0.15) is 13.2 Å². The Morgan fingerprint density at radius 2 is 2.11 bits per heavy atom. The third-order valence-corrected chi connectivity index (χ3v) is 3.01. The third-order valence-electron chi connectivity index (χ3n) is 3.01. The second kappa shape index (κ2) is 4.60. The molecule has 0 amide bonds. The monoisotopic (exact) mass is 271 g/mol. The Bertz CT molecular complexity index is 616. The van der Waals surface area contributed by atoms with E-state index in [0.717, 1.165) is 6.07 Å². The van der Waals surface area contributed by atoms with Gasteiger partial charge >= 0.3 is 12.1 Å². The SMILES string of the molecule is CC(Cc1cccc2[nH]c(C(F)(F)F)cc12)C(=O)O. The predicted molar refractivity (Wildman–Crippen MR) is 63.8 cm³/mol. The highest BCUT2D eigenvalue weighted by atomic mass is 19.4. The number of H-pyrrole nitrogens is 1. The zero-order valence-electron chi connectivity index (χ0n) is 10.1. The summed E-state index contributed by atoms with van der Waals surface area (Å²) in [7, 11) is 0. The van der Waals surface area contributed by atoms with Crippen molar-refractivity contribution in [3.63, 3.8) is 0 Å². The Morgan fingerprint density at radius 3 is 2.68 bits per heavy atom. The number of halogens is 3. The molecule has 2 aromatic rings. The van der Waals surface area contributed by atoms with Gasteiger partial charge in [0, 0.05) is 10.9 Å². The summed E-state index contributed by atoms with van der Waals surface area (Å²) in [6.45, 7) is 1.53. The Labute approximate surface area is 107 Å². The van der Waals surface area contributed by atoms with Crippen molar-refractivity contribution in [3.8, 4) is 0 Å². The minimum atomic E-state index is -4.44. The fourth-order valence-electron chi connectivity index (χ4n) is 1.97. The minimum Gasteiger partial charge on any atom is -0.481 e. The molecule has 1 atom stereocenters. The van der Waals surface area contributed by atoms with Crippen LogP contribution in [0.5, 0.6) is 0 Å². The number of fused-ring (bicyclic) bond motifs is 1. The Hall–Kier alpha value is -1.98. The molecular formula is C13H12F3NO2. The quantitative estimate of drug-likeness (QED) is 0.898. The first-order valence-corrected chi connectivity index (χ1v) is 5.69. The average Bonchev–Trinajstić information content (AvgIpc) is 2.73. The van der Waals surface area contributed by atoms with Crippen molar-refractivity contribution in [3.05, 3.63) is 35.5 Å². The van der Waals surface area contributed by atoms with E-state index in [0.29, 0.717) is 16.5 Å². The number of aliphatic carboxylic acids is 1. The van der Waals surface area contributed by atoms with Crippen molar-refractivity contribution >= 4 is 16.9 Å². The highest BCUT2D eigenvalue weighted by molar-refractivity contribution is 5.84. The van der Waals surface area contributed by atoms with E-state index in [1.54, 1.807) is 18.2 Å². The molecule has 1 aromatic carbocycles. The summed E-state index contributed by atoms with van der Waals surface area (Å²) < 4.78 is 37.9. The van der Waals surface area contributed by atoms with E-state index in [1.165, 1.54) is 6.92 Å². The van der Waals surface area contributed by atoms with Gasteiger partial charge in [0.25, 0.3) is 0 Å². The van der Waals surface area contributed by atoms with Crippen molar-refractivity contribution in [2.24, 2.45) is 5.92 Å². The molecule has 1 unspecified atom stereocenters. The minimum absolute atomic E-state index is 0.196. The number of rotatable bonds is 3. The first-order valence-electron chi connectivity index (χ1n) is 5.69. The topological polar surface area (TPSA) is 53.1 Å². The van der Waals surface area contributed by atoms with Crippen molar-refractivity contribution < 1.29 is 23.1 Å². The zero-order valence-corrected chi connectivity index (χ0v) is 10.1. The van der Waals surface area contributed by atoms with Crippen LogP contribution in [0.3, 0.4) is 0 Å². The summed E-state index contributed by atoms with van der Waals surface area (Å²) in [6, 6.07) is 5.83. The molecule has 102 valence electrons. The van der Waals surface area contributed by atoms with Crippen LogP contribution in [0.15, 0.2) is 24.3 Å². The van der Waals surface area contributed by atoms with Gasteiger partial charge in [-0.05, 0) is 24.1 Å². The van der Waals surface area contributed by atoms with E-state index < -0.39 is 23.8 Å². The van der Waals surface area contributed by atoms with Gasteiger partial charge in [0.15, 0.2) is 0 Å². The highest BCUT2D eigenvalue weighted by Gasteiger charge is 2.32. The molecule has 0 aliphatic rings. The number of carbonyl (C=O) groups is 1. The van der Waals surface area contributed by atoms with E-state index in [2.05, 4.69) is 4.98 Å². The predicted octanol–water partition coefficient (Wildman–Crippen LogP) is 3.45. The summed E-state index contributed by atoms with van der Waals surface area (Å²) in [4.78, 5) is 13.1. The molecule has 0 fully saturated rings. The number of aromatic amines is 1. The van der Waals surface area contributed by atoms with Gasteiger partial charge in [0.2, 0.25) is 0 Å². The van der Waals surface area contributed by atoms with Crippen LogP contribution < -0.4 is 0 Å². The molecule has 6 heteroatoms. The smallest absolute Gasteiger partial charge is 0.431 e. The van der Waals surface area contributed by atoms with Crippen molar-refractivity contribution in [1.82, 2.24) is 4.98 Å². The molecular weight excluding hydrogens is 259 g/mol. The van der Waals surface area contributed by atoms with Gasteiger partial charge in [-0.15, -0.1) is 0 Å². The average molecular weight is 271 g/mol. The molecule has 0 spiro atoms. The van der Waals surface area contributed by atoms with Crippen LogP contribution in [-0.4, -0.2) is 16.1 Å². The number of carboxylic acid groups (broad SMARTS) is 1. The Morgan fingerprint density at radius 1 is 1.42 bits per heavy atom. The summed E-state index contributed by atoms with van der Waals surface area (Å²) in [5.74, 6) is -1.61. The van der Waals surface area contributed by atoms with Crippen LogP contribution in [0, 0.1) is 5.92 Å². The van der Waals surface area contributed by atoms with Crippen LogP contribution in [0.1, 0.15) is 18.2 Å². The van der Waals surface area contributed by atoms with Gasteiger partial charge in [0.05, 0.1) is 5.92 Å². The number of nitrogens with one attached hydrogen (secondary N) is 1. The molecule has 2 N–H and O–H groups in total. The lowest BCUT2D eigenvalue weighted by Crippen LogP contribution is -2.12. The van der Waals surface area contributed by atoms with Crippen LogP contribution in [-0.2, 0) is 17.4 Å². The first-order chi connectivity index (χ1) is 8.79. The van der Waals surface area contributed by atoms with Crippen LogP contribution >= 0.6 is 0 Å². The molecule has 1 aromatic heterocycles. The van der Waals surface area contributed by atoms with Crippen molar-refractivity contribution in [2.45, 2.75) is 19.5 Å². The molecule has 19 heavy (non-hydrogen) atoms. The molecule has 0 bridgehead atoms. The number of carboxylic acids is 1. The Kier molecular flexibility index (Phi) is 3.26. The second-order valence-electron chi connectivity index (χ2n) is 4.50. The molecule has 0 aliphatic heterocycles. The number of alkyl halides is 3. The molecule has 0 saturated carbocycles. The lowest BCUT2D eigenvalue weighted by atomic mass is 9.98. The van der Waals surface area contributed by atoms with Crippen LogP contribution in [0.2, 0.25) is 0 Å². The number of aromatic nitrogens is 1. The fourth-order valence-corrected chi connectivity index (χ4v) is 1.97. The van der Waals surface area contributed by atoms with Gasteiger partial charge in [-0.25, -0.2) is 0 Å². The standard InChI is InChI=1S/C13H12F3NO2/c1-7(12(18)19)5-8-3-2-4-10-9(8)6-11(17-10)13(14,15)16/h2-4,6-7,17H,5H2,1H3,(H,18,19). The summed E-state index contributed by atoms with van der Waals surface area (Å²) >= 11 is 0. The fraction of sp³-hybridized carbons (Fsp3) is 0.308. The van der Waals surface area contributed by atoms with E-state index in [4.69, 9.17) is 5.11 Å². The summed E-state index contributed by atoms with van der Waals surface area (Å²) in [6.07, 6.45) is -4.24. The first kappa shape index (κ1) is 13.5. The molecule has 0 saturated heterocycles. The van der Waals surface area contributed by atoms with E-state index in [9.17, 15) is 18.0 Å². The Balaban J connectivity index is 2.45. The lowest BCUT2D eigenvalue weighted by Gasteiger charge is -2.07. The number of hydrogen-bond acceptors (Lipinski definition) is 1. The van der Waals surface area contributed by atoms with Crippen molar-refractivity contribution in [2.75, 3.05) is 0 Å². The largest absolute Gasteiger partial charge is 0.481 e. The number of benzene rings is 1. The molecule has 1 heterocycles. The number of hydrogen-bond donors (Lipinski definition) is 2. The third kappa shape index (κ3) is 2.72. The maximum Gasteiger partial charge on any atom is 0.431 e. The van der Waals surface area contributed by atoms with Gasteiger partial charge < -0.3 is 10.1 Å². The highest BCUT2D eigenvalue weighted by Crippen LogP contribution is 2.32. The summed E-state index contributed by atoms with van der Waals surface area (Å²) in [5.41, 5.74) is 0.138. The lowest BCUT2D eigenvalue weighted by molar-refractivity contribution is -0.141. The maximum atomic E-state index is 12.6. The van der Waals surface area contributed by atoms with E-state index in [1.807, 2.05) is 0 Å². The van der Waals surface area contributed by atoms with Crippen LogP contribution in [0.4, 0.5) is 13.2 Å². The molecule has 3 nitrogen and oxygen atoms in total. The van der Waals surface area contributed by atoms with Gasteiger partial charge in [0.1, 0.15) is 5.69 Å². The normalized spacial score (nSPS) is 13.7. The molecule has 0 radical (unpaired) electrons. The van der Waals surface area contributed by atoms with Gasteiger partial charge in [-0.3, -0.25) is 4.79 Å². The van der Waals surface area contributed by atoms with Crippen molar-refractivity contribution in [1.29, 1.82) is 0 Å². The maximum absolute atomic E-state index is 12.6. The summed E-state index contributed by atoms with van der Waals surface area (Å²) in [5, 5.41) is 9.28. The van der Waals surface area contributed by atoms with E-state index >= 15 is 0 Å². The molecule has 2 rings (SSSR count). The van der Waals surface area contributed by atoms with E-state index in [-0.39, 0.29) is 6.42 Å². The molecule has 0 aliphatic carbocycles. The van der Waals surface area contributed by atoms with Gasteiger partial charge in [-0.1, -0.05) is 19.1 Å². The zero-order chi connectivity index (χ0) is 14.2. The van der Waals surface area contributed by atoms with Crippen LogP contribution in [0.25, 0.3) is 10.9 Å².